The Morgan fingerprint density at radius 3 is 2.77 bits per heavy atom. The Morgan fingerprint density at radius 1 is 1.27 bits per heavy atom. The van der Waals surface area contributed by atoms with E-state index in [1.165, 1.54) is 16.7 Å². The Balaban J connectivity index is 1.65. The van der Waals surface area contributed by atoms with E-state index in [9.17, 15) is 9.59 Å². The van der Waals surface area contributed by atoms with Crippen LogP contribution in [0.25, 0.3) is 0 Å². The van der Waals surface area contributed by atoms with Crippen LogP contribution < -0.4 is 14.8 Å². The summed E-state index contributed by atoms with van der Waals surface area (Å²) in [6.07, 6.45) is 0. The van der Waals surface area contributed by atoms with Gasteiger partial charge in [0.15, 0.2) is 17.2 Å². The highest BCUT2D eigenvalue weighted by Crippen LogP contribution is 2.30. The molecule has 1 aliphatic rings. The minimum atomic E-state index is -1.08. The molecule has 1 amide bonds. The summed E-state index contributed by atoms with van der Waals surface area (Å²) in [4.78, 5) is 26.7. The third-order valence-electron chi connectivity index (χ3n) is 2.98. The van der Waals surface area contributed by atoms with Crippen LogP contribution in [0.5, 0.6) is 11.5 Å². The lowest BCUT2D eigenvalue weighted by Crippen LogP contribution is -2.23. The van der Waals surface area contributed by atoms with Crippen molar-refractivity contribution in [2.75, 3.05) is 13.2 Å². The van der Waals surface area contributed by atoms with E-state index in [2.05, 4.69) is 10.3 Å². The van der Waals surface area contributed by atoms with Crippen LogP contribution in [0.4, 0.5) is 0 Å². The van der Waals surface area contributed by atoms with Crippen molar-refractivity contribution in [3.8, 4) is 11.5 Å². The van der Waals surface area contributed by atoms with Crippen molar-refractivity contribution < 1.29 is 24.2 Å². The summed E-state index contributed by atoms with van der Waals surface area (Å²) < 4.78 is 10.8. The predicted octanol–water partition coefficient (Wildman–Crippen LogP) is 1.54. The highest BCUT2D eigenvalue weighted by molar-refractivity contribution is 7.09. The van der Waals surface area contributed by atoms with Gasteiger partial charge in [-0.3, -0.25) is 4.79 Å². The maximum absolute atomic E-state index is 12.1. The molecular formula is C14H12N2O5S. The molecule has 0 atom stereocenters. The third kappa shape index (κ3) is 3.01. The quantitative estimate of drug-likeness (QED) is 0.887. The standard InChI is InChI=1S/C14H12N2O5S/c17-13(15-6-12-16-9(7-22-12)14(18)19)8-1-2-10-11(5-8)21-4-3-20-10/h1-2,5,7H,3-4,6H2,(H,15,17)(H,18,19). The van der Waals surface area contributed by atoms with Crippen LogP contribution >= 0.6 is 11.3 Å². The predicted molar refractivity (Wildman–Crippen MR) is 77.7 cm³/mol. The first-order valence-corrected chi connectivity index (χ1v) is 7.37. The number of nitrogens with one attached hydrogen (secondary N) is 1. The van der Waals surface area contributed by atoms with Gasteiger partial charge in [-0.25, -0.2) is 9.78 Å². The van der Waals surface area contributed by atoms with Gasteiger partial charge < -0.3 is 19.9 Å². The topological polar surface area (TPSA) is 97.8 Å². The van der Waals surface area contributed by atoms with Crippen LogP contribution in [-0.4, -0.2) is 35.2 Å². The van der Waals surface area contributed by atoms with Gasteiger partial charge in [-0.15, -0.1) is 11.3 Å². The Bertz CT molecular complexity index is 728. The summed E-state index contributed by atoms with van der Waals surface area (Å²) in [5.41, 5.74) is 0.424. The van der Waals surface area contributed by atoms with Gasteiger partial charge in [-0.05, 0) is 18.2 Å². The second kappa shape index (κ2) is 6.02. The number of amides is 1. The Hall–Kier alpha value is -2.61. The molecule has 8 heteroatoms. The Labute approximate surface area is 129 Å². The molecule has 0 aliphatic carbocycles. The first-order valence-electron chi connectivity index (χ1n) is 6.49. The van der Waals surface area contributed by atoms with E-state index < -0.39 is 5.97 Å². The van der Waals surface area contributed by atoms with Crippen LogP contribution in [0.15, 0.2) is 23.6 Å². The molecule has 0 unspecified atom stereocenters. The highest BCUT2D eigenvalue weighted by atomic mass is 32.1. The van der Waals surface area contributed by atoms with Gasteiger partial charge in [-0.2, -0.15) is 0 Å². The van der Waals surface area contributed by atoms with E-state index in [4.69, 9.17) is 14.6 Å². The Morgan fingerprint density at radius 2 is 2.05 bits per heavy atom. The smallest absolute Gasteiger partial charge is 0.355 e. The van der Waals surface area contributed by atoms with Crippen LogP contribution in [0.1, 0.15) is 25.9 Å². The van der Waals surface area contributed by atoms with E-state index in [1.807, 2.05) is 0 Å². The molecule has 1 aromatic carbocycles. The lowest BCUT2D eigenvalue weighted by molar-refractivity contribution is 0.0691. The van der Waals surface area contributed by atoms with Crippen molar-refractivity contribution in [1.29, 1.82) is 0 Å². The number of carboxylic acid groups (broad SMARTS) is 1. The summed E-state index contributed by atoms with van der Waals surface area (Å²) in [6, 6.07) is 4.96. The number of hydrogen-bond donors (Lipinski definition) is 2. The lowest BCUT2D eigenvalue weighted by atomic mass is 10.2. The second-order valence-corrected chi connectivity index (χ2v) is 5.42. The third-order valence-corrected chi connectivity index (χ3v) is 3.82. The van der Waals surface area contributed by atoms with Gasteiger partial charge in [0.05, 0.1) is 6.54 Å². The fraction of sp³-hybridized carbons (Fsp3) is 0.214. The normalized spacial score (nSPS) is 12.7. The number of thiazole rings is 1. The minimum absolute atomic E-state index is 0.0198. The summed E-state index contributed by atoms with van der Waals surface area (Å²) in [5.74, 6) is -0.208. The first-order chi connectivity index (χ1) is 10.6. The number of carbonyl (C=O) groups is 2. The molecule has 114 valence electrons. The second-order valence-electron chi connectivity index (χ2n) is 4.47. The zero-order chi connectivity index (χ0) is 15.5. The summed E-state index contributed by atoms with van der Waals surface area (Å²) in [6.45, 7) is 1.12. The molecule has 2 aromatic rings. The summed E-state index contributed by atoms with van der Waals surface area (Å²) in [5, 5.41) is 13.5. The van der Waals surface area contributed by atoms with Gasteiger partial charge in [0.1, 0.15) is 18.2 Å². The molecule has 0 bridgehead atoms. The van der Waals surface area contributed by atoms with Crippen molar-refractivity contribution in [3.63, 3.8) is 0 Å². The van der Waals surface area contributed by atoms with E-state index in [1.54, 1.807) is 18.2 Å². The number of hydrogen-bond acceptors (Lipinski definition) is 6. The zero-order valence-electron chi connectivity index (χ0n) is 11.4. The molecule has 0 spiro atoms. The zero-order valence-corrected chi connectivity index (χ0v) is 12.2. The molecule has 3 rings (SSSR count). The van der Waals surface area contributed by atoms with Gasteiger partial charge in [0, 0.05) is 10.9 Å². The minimum Gasteiger partial charge on any atom is -0.486 e. The molecule has 0 saturated carbocycles. The number of rotatable bonds is 4. The number of fused-ring (bicyclic) bond motifs is 1. The van der Waals surface area contributed by atoms with Crippen molar-refractivity contribution in [1.82, 2.24) is 10.3 Å². The molecule has 0 fully saturated rings. The molecule has 0 radical (unpaired) electrons. The molecule has 7 nitrogen and oxygen atoms in total. The number of ether oxygens (including phenoxy) is 2. The number of aromatic carboxylic acids is 1. The van der Waals surface area contributed by atoms with Crippen molar-refractivity contribution in [2.24, 2.45) is 0 Å². The van der Waals surface area contributed by atoms with Gasteiger partial charge >= 0.3 is 5.97 Å². The average molecular weight is 320 g/mol. The van der Waals surface area contributed by atoms with Crippen LogP contribution in [-0.2, 0) is 6.54 Å². The average Bonchev–Trinajstić information content (AvgIpc) is 3.01. The summed E-state index contributed by atoms with van der Waals surface area (Å²) in [7, 11) is 0. The fourth-order valence-corrected chi connectivity index (χ4v) is 2.64. The number of carboxylic acids is 1. The Kier molecular flexibility index (Phi) is 3.92. The number of nitrogens with zero attached hydrogens (tertiary/aromatic N) is 1. The highest BCUT2D eigenvalue weighted by Gasteiger charge is 2.15. The van der Waals surface area contributed by atoms with Crippen molar-refractivity contribution in [2.45, 2.75) is 6.54 Å². The molecular weight excluding hydrogens is 308 g/mol. The van der Waals surface area contributed by atoms with Gasteiger partial charge in [0.25, 0.3) is 5.91 Å². The van der Waals surface area contributed by atoms with Crippen molar-refractivity contribution >= 4 is 23.2 Å². The fourth-order valence-electron chi connectivity index (χ4n) is 1.93. The lowest BCUT2D eigenvalue weighted by Gasteiger charge is -2.18. The monoisotopic (exact) mass is 320 g/mol. The first kappa shape index (κ1) is 14.3. The van der Waals surface area contributed by atoms with E-state index in [0.717, 1.165) is 0 Å². The van der Waals surface area contributed by atoms with E-state index in [0.29, 0.717) is 35.3 Å². The molecule has 2 N–H and O–H groups in total. The van der Waals surface area contributed by atoms with Crippen LogP contribution in [0.3, 0.4) is 0 Å². The molecule has 1 aromatic heterocycles. The van der Waals surface area contributed by atoms with Gasteiger partial charge in [0.2, 0.25) is 0 Å². The molecule has 22 heavy (non-hydrogen) atoms. The molecule has 2 heterocycles. The molecule has 0 saturated heterocycles. The van der Waals surface area contributed by atoms with E-state index >= 15 is 0 Å². The number of benzene rings is 1. The maximum atomic E-state index is 12.1. The molecule has 1 aliphatic heterocycles. The largest absolute Gasteiger partial charge is 0.486 e. The van der Waals surface area contributed by atoms with Crippen LogP contribution in [0, 0.1) is 0 Å². The summed E-state index contributed by atoms with van der Waals surface area (Å²) >= 11 is 1.19. The number of carbonyl (C=O) groups excluding carboxylic acids is 1. The van der Waals surface area contributed by atoms with Crippen LogP contribution in [0.2, 0.25) is 0 Å². The SMILES string of the molecule is O=C(NCc1nc(C(=O)O)cs1)c1ccc2c(c1)OCCO2. The number of aromatic nitrogens is 1. The van der Waals surface area contributed by atoms with Gasteiger partial charge in [-0.1, -0.05) is 0 Å². The van der Waals surface area contributed by atoms with Crippen molar-refractivity contribution in [3.05, 3.63) is 39.8 Å². The van der Waals surface area contributed by atoms with E-state index in [-0.39, 0.29) is 18.1 Å². The maximum Gasteiger partial charge on any atom is 0.355 e.